The topological polar surface area (TPSA) is 61.4 Å². The van der Waals surface area contributed by atoms with Crippen LogP contribution in [0.5, 0.6) is 0 Å². The molecule has 0 spiro atoms. The zero-order chi connectivity index (χ0) is 18.2. The summed E-state index contributed by atoms with van der Waals surface area (Å²) in [4.78, 5) is 8.11. The van der Waals surface area contributed by atoms with Gasteiger partial charge >= 0.3 is 0 Å². The van der Waals surface area contributed by atoms with Crippen LogP contribution in [0.15, 0.2) is 41.0 Å². The number of aliphatic imine (C=N–C) groups is 1. The fraction of sp³-hybridized carbons (Fsp3) is 0.476. The molecule has 0 unspecified atom stereocenters. The highest BCUT2D eigenvalue weighted by Gasteiger charge is 2.07. The van der Waals surface area contributed by atoms with Crippen molar-refractivity contribution in [1.82, 2.24) is 15.6 Å². The number of nitrogens with one attached hydrogen (secondary N) is 3. The van der Waals surface area contributed by atoms with Gasteiger partial charge in [0.25, 0.3) is 0 Å². The highest BCUT2D eigenvalue weighted by Crippen LogP contribution is 2.22. The molecule has 0 saturated carbocycles. The van der Waals surface area contributed by atoms with Gasteiger partial charge in [-0.05, 0) is 50.3 Å². The van der Waals surface area contributed by atoms with Crippen LogP contribution in [0, 0.1) is 6.92 Å². The van der Waals surface area contributed by atoms with Gasteiger partial charge in [0, 0.05) is 36.7 Å². The molecule has 5 nitrogen and oxygen atoms in total. The van der Waals surface area contributed by atoms with E-state index in [1.165, 1.54) is 27.6 Å². The van der Waals surface area contributed by atoms with Gasteiger partial charge in [-0.3, -0.25) is 4.99 Å². The second-order valence-electron chi connectivity index (χ2n) is 6.69. The number of hydrogen-bond donors (Lipinski definition) is 3. The molecule has 3 N–H and O–H groups in total. The average Bonchev–Trinajstić information content (AvgIpc) is 3.07. The third-order valence-electron chi connectivity index (χ3n) is 4.79. The molecule has 0 atom stereocenters. The van der Waals surface area contributed by atoms with E-state index in [4.69, 9.17) is 9.73 Å². The largest absolute Gasteiger partial charge is 0.377 e. The molecule has 0 radical (unpaired) electrons. The van der Waals surface area contributed by atoms with E-state index in [2.05, 4.69) is 59.9 Å². The minimum Gasteiger partial charge on any atom is -0.377 e. The highest BCUT2D eigenvalue weighted by molar-refractivity contribution is 5.86. The lowest BCUT2D eigenvalue weighted by atomic mass is 10.1. The number of nitrogens with zero attached hydrogens (tertiary/aromatic N) is 1. The number of aromatic amines is 1. The number of ether oxygens (including phenoxy) is 1. The van der Waals surface area contributed by atoms with E-state index < -0.39 is 0 Å². The molecular formula is C21H30N4O. The lowest BCUT2D eigenvalue weighted by Gasteiger charge is -2.15. The Labute approximate surface area is 155 Å². The van der Waals surface area contributed by atoms with E-state index in [0.29, 0.717) is 0 Å². The molecule has 0 amide bonds. The molecule has 26 heavy (non-hydrogen) atoms. The number of benzene rings is 1. The summed E-state index contributed by atoms with van der Waals surface area (Å²) in [5.41, 5.74) is 5.34. The van der Waals surface area contributed by atoms with Crippen LogP contribution in [0.3, 0.4) is 0 Å². The molecule has 2 heterocycles. The molecule has 1 aliphatic heterocycles. The van der Waals surface area contributed by atoms with Crippen LogP contribution in [0.2, 0.25) is 0 Å². The van der Waals surface area contributed by atoms with Crippen LogP contribution >= 0.6 is 0 Å². The van der Waals surface area contributed by atoms with Crippen LogP contribution < -0.4 is 10.6 Å². The van der Waals surface area contributed by atoms with Gasteiger partial charge in [-0.25, -0.2) is 0 Å². The SMILES string of the molecule is CCNC(=NCCc1c[nH]c2cccc(C)c12)NCCC1=CCOCC1. The second-order valence-corrected chi connectivity index (χ2v) is 6.69. The molecule has 3 rings (SSSR count). The number of hydrogen-bond acceptors (Lipinski definition) is 2. The van der Waals surface area contributed by atoms with Crippen LogP contribution in [-0.4, -0.2) is 43.8 Å². The lowest BCUT2D eigenvalue weighted by molar-refractivity contribution is 0.153. The summed E-state index contributed by atoms with van der Waals surface area (Å²) in [7, 11) is 0. The molecule has 1 aromatic heterocycles. The zero-order valence-electron chi connectivity index (χ0n) is 15.9. The molecule has 0 bridgehead atoms. The van der Waals surface area contributed by atoms with Crippen molar-refractivity contribution >= 4 is 16.9 Å². The quantitative estimate of drug-likeness (QED) is 0.406. The number of aromatic nitrogens is 1. The van der Waals surface area contributed by atoms with Crippen molar-refractivity contribution in [3.05, 3.63) is 47.2 Å². The molecule has 0 aliphatic carbocycles. The molecule has 140 valence electrons. The second kappa shape index (κ2) is 9.43. The van der Waals surface area contributed by atoms with Crippen LogP contribution in [0.1, 0.15) is 30.9 Å². The Balaban J connectivity index is 1.54. The van der Waals surface area contributed by atoms with Gasteiger partial charge in [0.2, 0.25) is 0 Å². The first-order chi connectivity index (χ1) is 12.8. The molecule has 1 aromatic carbocycles. The molecule has 0 saturated heterocycles. The Morgan fingerprint density at radius 3 is 3.00 bits per heavy atom. The summed E-state index contributed by atoms with van der Waals surface area (Å²) in [6, 6.07) is 6.39. The Bertz CT molecular complexity index is 775. The van der Waals surface area contributed by atoms with Crippen LogP contribution in [0.4, 0.5) is 0 Å². The lowest BCUT2D eigenvalue weighted by Crippen LogP contribution is -2.38. The van der Waals surface area contributed by atoms with Gasteiger partial charge < -0.3 is 20.4 Å². The van der Waals surface area contributed by atoms with Crippen molar-refractivity contribution in [3.8, 4) is 0 Å². The minimum atomic E-state index is 0.757. The van der Waals surface area contributed by atoms with Gasteiger partial charge in [0.15, 0.2) is 5.96 Å². The Morgan fingerprint density at radius 2 is 2.19 bits per heavy atom. The molecule has 1 aliphatic rings. The highest BCUT2D eigenvalue weighted by atomic mass is 16.5. The van der Waals surface area contributed by atoms with E-state index in [1.807, 2.05) is 0 Å². The first-order valence-corrected chi connectivity index (χ1v) is 9.61. The average molecular weight is 354 g/mol. The van der Waals surface area contributed by atoms with Crippen molar-refractivity contribution in [3.63, 3.8) is 0 Å². The van der Waals surface area contributed by atoms with Crippen molar-refractivity contribution in [2.75, 3.05) is 32.8 Å². The van der Waals surface area contributed by atoms with E-state index in [1.54, 1.807) is 0 Å². The first-order valence-electron chi connectivity index (χ1n) is 9.61. The van der Waals surface area contributed by atoms with Gasteiger partial charge in [-0.15, -0.1) is 0 Å². The van der Waals surface area contributed by atoms with Crippen LogP contribution in [-0.2, 0) is 11.2 Å². The predicted molar refractivity (Wildman–Crippen MR) is 109 cm³/mol. The fourth-order valence-corrected chi connectivity index (χ4v) is 3.41. The number of H-pyrrole nitrogens is 1. The standard InChI is InChI=1S/C21H30N4O/c1-3-22-21(23-11-7-17-9-13-26-14-10-17)24-12-8-18-15-25-19-6-4-5-16(2)20(18)19/h4-6,9,15,25H,3,7-8,10-14H2,1-2H3,(H2,22,23,24). The zero-order valence-corrected chi connectivity index (χ0v) is 15.9. The molecule has 0 fully saturated rings. The maximum Gasteiger partial charge on any atom is 0.191 e. The first kappa shape index (κ1) is 18.5. The summed E-state index contributed by atoms with van der Waals surface area (Å²) >= 11 is 0. The summed E-state index contributed by atoms with van der Waals surface area (Å²) in [6.45, 7) is 8.42. The third kappa shape index (κ3) is 4.88. The third-order valence-corrected chi connectivity index (χ3v) is 4.79. The fourth-order valence-electron chi connectivity index (χ4n) is 3.41. The Morgan fingerprint density at radius 1 is 1.27 bits per heavy atom. The van der Waals surface area contributed by atoms with Gasteiger partial charge in [0.05, 0.1) is 13.2 Å². The van der Waals surface area contributed by atoms with Gasteiger partial charge in [-0.2, -0.15) is 0 Å². The van der Waals surface area contributed by atoms with Crippen molar-refractivity contribution in [2.45, 2.75) is 33.1 Å². The van der Waals surface area contributed by atoms with Gasteiger partial charge in [0.1, 0.15) is 0 Å². The molecule has 2 aromatic rings. The number of fused-ring (bicyclic) bond motifs is 1. The summed E-state index contributed by atoms with van der Waals surface area (Å²) in [6.07, 6.45) is 7.36. The van der Waals surface area contributed by atoms with E-state index in [0.717, 1.165) is 58.1 Å². The number of rotatable bonds is 7. The van der Waals surface area contributed by atoms with Crippen molar-refractivity contribution in [2.24, 2.45) is 4.99 Å². The van der Waals surface area contributed by atoms with Crippen molar-refractivity contribution in [1.29, 1.82) is 0 Å². The Kier molecular flexibility index (Phi) is 6.72. The molecule has 5 heteroatoms. The normalized spacial score (nSPS) is 15.2. The monoisotopic (exact) mass is 354 g/mol. The van der Waals surface area contributed by atoms with E-state index in [-0.39, 0.29) is 0 Å². The smallest absolute Gasteiger partial charge is 0.191 e. The predicted octanol–water partition coefficient (Wildman–Crippen LogP) is 3.31. The number of aryl methyl sites for hydroxylation is 1. The van der Waals surface area contributed by atoms with E-state index in [9.17, 15) is 0 Å². The summed E-state index contributed by atoms with van der Waals surface area (Å²) in [5.74, 6) is 0.900. The van der Waals surface area contributed by atoms with Gasteiger partial charge in [-0.1, -0.05) is 23.8 Å². The minimum absolute atomic E-state index is 0.757. The molecular weight excluding hydrogens is 324 g/mol. The Hall–Kier alpha value is -2.27. The maximum absolute atomic E-state index is 5.36. The summed E-state index contributed by atoms with van der Waals surface area (Å²) < 4.78 is 5.36. The maximum atomic E-state index is 5.36. The number of guanidine groups is 1. The van der Waals surface area contributed by atoms with Crippen LogP contribution in [0.25, 0.3) is 10.9 Å². The van der Waals surface area contributed by atoms with Crippen molar-refractivity contribution < 1.29 is 4.74 Å². The summed E-state index contributed by atoms with van der Waals surface area (Å²) in [5, 5.41) is 8.12. The van der Waals surface area contributed by atoms with E-state index >= 15 is 0 Å².